The van der Waals surface area contributed by atoms with Crippen molar-refractivity contribution in [3.63, 3.8) is 0 Å². The minimum atomic E-state index is -0.541. The molecule has 5 rings (SSSR count). The highest BCUT2D eigenvalue weighted by Crippen LogP contribution is 2.29. The van der Waals surface area contributed by atoms with E-state index in [1.165, 1.54) is 7.11 Å². The Balaban J connectivity index is 1.32. The fraction of sp³-hybridized carbons (Fsp3) is 0.296. The van der Waals surface area contributed by atoms with E-state index in [1.54, 1.807) is 17.1 Å². The van der Waals surface area contributed by atoms with Crippen molar-refractivity contribution in [2.24, 2.45) is 0 Å². The lowest BCUT2D eigenvalue weighted by Gasteiger charge is -2.23. The number of benzene rings is 2. The zero-order chi connectivity index (χ0) is 25.8. The molecule has 0 bridgehead atoms. The molecule has 9 nitrogen and oxygen atoms in total. The quantitative estimate of drug-likeness (QED) is 0.356. The highest BCUT2D eigenvalue weighted by atomic mass is 35.5. The Morgan fingerprint density at radius 1 is 1.14 bits per heavy atom. The van der Waals surface area contributed by atoms with E-state index in [4.69, 9.17) is 16.3 Å². The van der Waals surface area contributed by atoms with Crippen LogP contribution in [0.25, 0.3) is 10.9 Å². The Morgan fingerprint density at radius 3 is 2.86 bits per heavy atom. The van der Waals surface area contributed by atoms with Crippen LogP contribution in [0, 0.1) is 0 Å². The van der Waals surface area contributed by atoms with Crippen LogP contribution < -0.4 is 5.32 Å². The molecule has 1 N–H and O–H groups in total. The van der Waals surface area contributed by atoms with Crippen LogP contribution >= 0.6 is 11.6 Å². The third kappa shape index (κ3) is 5.79. The molecule has 2 aromatic carbocycles. The summed E-state index contributed by atoms with van der Waals surface area (Å²) in [6, 6.07) is 17.3. The number of carbonyl (C=O) groups is 2. The van der Waals surface area contributed by atoms with Gasteiger partial charge in [-0.1, -0.05) is 41.1 Å². The van der Waals surface area contributed by atoms with Crippen molar-refractivity contribution in [1.82, 2.24) is 30.2 Å². The normalized spacial score (nSPS) is 17.7. The molecule has 0 aliphatic carbocycles. The summed E-state index contributed by atoms with van der Waals surface area (Å²) in [4.78, 5) is 31.7. The predicted octanol–water partition coefficient (Wildman–Crippen LogP) is 3.44. The third-order valence-electron chi connectivity index (χ3n) is 6.62. The highest BCUT2D eigenvalue weighted by Gasteiger charge is 2.38. The maximum Gasteiger partial charge on any atom is 0.360 e. The van der Waals surface area contributed by atoms with E-state index >= 15 is 0 Å². The third-order valence-corrected chi connectivity index (χ3v) is 6.85. The number of hydrogen-bond acceptors (Lipinski definition) is 7. The molecule has 1 aliphatic rings. The SMILES string of the molecule is COC(=O)c1cn([C@H]2C[C@@H](C(=O)NCCc3cccc(Cl)c3)N(Cc3ccc4ncccc4c3)C2)nn1. The van der Waals surface area contributed by atoms with Gasteiger partial charge in [0.2, 0.25) is 5.91 Å². The molecule has 2 atom stereocenters. The zero-order valence-corrected chi connectivity index (χ0v) is 21.1. The molecule has 2 aromatic heterocycles. The Labute approximate surface area is 219 Å². The molecule has 0 saturated carbocycles. The number of esters is 1. The van der Waals surface area contributed by atoms with Gasteiger partial charge in [0.25, 0.3) is 0 Å². The lowest BCUT2D eigenvalue weighted by molar-refractivity contribution is -0.125. The zero-order valence-electron chi connectivity index (χ0n) is 20.4. The van der Waals surface area contributed by atoms with Gasteiger partial charge in [0.1, 0.15) is 0 Å². The van der Waals surface area contributed by atoms with Crippen molar-refractivity contribution < 1.29 is 14.3 Å². The number of rotatable bonds is 8. The van der Waals surface area contributed by atoms with Gasteiger partial charge in [-0.15, -0.1) is 5.10 Å². The number of amides is 1. The maximum absolute atomic E-state index is 13.3. The largest absolute Gasteiger partial charge is 0.464 e. The maximum atomic E-state index is 13.3. The number of nitrogens with zero attached hydrogens (tertiary/aromatic N) is 5. The topological polar surface area (TPSA) is 102 Å². The van der Waals surface area contributed by atoms with Crippen LogP contribution in [0.5, 0.6) is 0 Å². The number of pyridine rings is 1. The standard InChI is InChI=1S/C27H27ClN6O3/c1-37-27(36)24-17-34(32-31-24)22-14-25(26(35)30-11-9-18-4-2-6-21(28)13-18)33(16-22)15-19-7-8-23-20(12-19)5-3-10-29-23/h2-8,10,12-13,17,22,25H,9,11,14-16H2,1H3,(H,30,35)/t22-,25-/m0/s1. The van der Waals surface area contributed by atoms with E-state index in [0.29, 0.717) is 37.5 Å². The van der Waals surface area contributed by atoms with E-state index in [-0.39, 0.29) is 23.7 Å². The summed E-state index contributed by atoms with van der Waals surface area (Å²) < 4.78 is 6.41. The number of likely N-dealkylation sites (tertiary alicyclic amines) is 1. The molecule has 3 heterocycles. The number of hydrogen-bond donors (Lipinski definition) is 1. The first kappa shape index (κ1) is 24.9. The summed E-state index contributed by atoms with van der Waals surface area (Å²) in [5, 5.41) is 12.9. The average Bonchev–Trinajstić information content (AvgIpc) is 3.56. The number of nitrogens with one attached hydrogen (secondary N) is 1. The Bertz CT molecular complexity index is 1420. The summed E-state index contributed by atoms with van der Waals surface area (Å²) in [5.41, 5.74) is 3.23. The van der Waals surface area contributed by atoms with Gasteiger partial charge in [0, 0.05) is 36.2 Å². The van der Waals surface area contributed by atoms with Gasteiger partial charge >= 0.3 is 5.97 Å². The second-order valence-corrected chi connectivity index (χ2v) is 9.55. The fourth-order valence-corrected chi connectivity index (χ4v) is 4.98. The second kappa shape index (κ2) is 11.1. The number of methoxy groups -OCH3 is 1. The van der Waals surface area contributed by atoms with E-state index < -0.39 is 5.97 Å². The number of aromatic nitrogens is 4. The lowest BCUT2D eigenvalue weighted by Crippen LogP contribution is -2.43. The summed E-state index contributed by atoms with van der Waals surface area (Å²) in [7, 11) is 1.31. The van der Waals surface area contributed by atoms with Gasteiger partial charge < -0.3 is 10.1 Å². The van der Waals surface area contributed by atoms with Crippen LogP contribution in [0.2, 0.25) is 5.02 Å². The summed E-state index contributed by atoms with van der Waals surface area (Å²) in [6.45, 7) is 1.68. The van der Waals surface area contributed by atoms with E-state index in [1.807, 2.05) is 48.5 Å². The minimum Gasteiger partial charge on any atom is -0.464 e. The summed E-state index contributed by atoms with van der Waals surface area (Å²) in [5.74, 6) is -0.582. The van der Waals surface area contributed by atoms with Crippen LogP contribution in [-0.2, 0) is 22.5 Å². The van der Waals surface area contributed by atoms with Gasteiger partial charge in [-0.05, 0) is 54.3 Å². The van der Waals surface area contributed by atoms with Crippen molar-refractivity contribution in [2.45, 2.75) is 31.5 Å². The molecule has 4 aromatic rings. The van der Waals surface area contributed by atoms with E-state index in [0.717, 1.165) is 22.0 Å². The van der Waals surface area contributed by atoms with Gasteiger partial charge in [-0.25, -0.2) is 9.48 Å². The van der Waals surface area contributed by atoms with Crippen molar-refractivity contribution in [1.29, 1.82) is 0 Å². The molecule has 1 amide bonds. The van der Waals surface area contributed by atoms with Crippen LogP contribution in [0.3, 0.4) is 0 Å². The molecular formula is C27H27ClN6O3. The molecule has 10 heteroatoms. The molecule has 190 valence electrons. The molecule has 1 fully saturated rings. The first-order valence-electron chi connectivity index (χ1n) is 12.1. The van der Waals surface area contributed by atoms with Crippen LogP contribution in [0.15, 0.2) is 67.0 Å². The Kier molecular flexibility index (Phi) is 7.43. The monoisotopic (exact) mass is 518 g/mol. The number of halogens is 1. The second-order valence-electron chi connectivity index (χ2n) is 9.11. The molecule has 37 heavy (non-hydrogen) atoms. The predicted molar refractivity (Wildman–Crippen MR) is 139 cm³/mol. The smallest absolute Gasteiger partial charge is 0.360 e. The fourth-order valence-electron chi connectivity index (χ4n) is 4.77. The molecular weight excluding hydrogens is 492 g/mol. The lowest BCUT2D eigenvalue weighted by atomic mass is 10.1. The van der Waals surface area contributed by atoms with E-state index in [9.17, 15) is 9.59 Å². The molecule has 0 spiro atoms. The van der Waals surface area contributed by atoms with Crippen molar-refractivity contribution >= 4 is 34.4 Å². The van der Waals surface area contributed by atoms with Crippen LogP contribution in [0.1, 0.15) is 34.1 Å². The highest BCUT2D eigenvalue weighted by molar-refractivity contribution is 6.30. The number of ether oxygens (including phenoxy) is 1. The number of fused-ring (bicyclic) bond motifs is 1. The van der Waals surface area contributed by atoms with Crippen molar-refractivity contribution in [2.75, 3.05) is 20.2 Å². The van der Waals surface area contributed by atoms with Gasteiger partial charge in [0.05, 0.1) is 30.9 Å². The first-order chi connectivity index (χ1) is 18.0. The van der Waals surface area contributed by atoms with Crippen LogP contribution in [-0.4, -0.2) is 63.0 Å². The Hall–Kier alpha value is -3.82. The molecule has 0 unspecified atom stereocenters. The molecule has 1 aliphatic heterocycles. The van der Waals surface area contributed by atoms with E-state index in [2.05, 4.69) is 31.6 Å². The minimum absolute atomic E-state index is 0.0414. The molecule has 1 saturated heterocycles. The van der Waals surface area contributed by atoms with Gasteiger partial charge in [-0.2, -0.15) is 0 Å². The first-order valence-corrected chi connectivity index (χ1v) is 12.5. The van der Waals surface area contributed by atoms with Crippen LogP contribution in [0.4, 0.5) is 0 Å². The average molecular weight is 519 g/mol. The Morgan fingerprint density at radius 2 is 2.03 bits per heavy atom. The van der Waals surface area contributed by atoms with Crippen molar-refractivity contribution in [3.05, 3.63) is 88.8 Å². The van der Waals surface area contributed by atoms with Gasteiger partial charge in [-0.3, -0.25) is 14.7 Å². The summed E-state index contributed by atoms with van der Waals surface area (Å²) in [6.07, 6.45) is 4.58. The van der Waals surface area contributed by atoms with Gasteiger partial charge in [0.15, 0.2) is 5.69 Å². The molecule has 0 radical (unpaired) electrons. The summed E-state index contributed by atoms with van der Waals surface area (Å²) >= 11 is 6.09. The number of carbonyl (C=O) groups excluding carboxylic acids is 2. The van der Waals surface area contributed by atoms with Crippen molar-refractivity contribution in [3.8, 4) is 0 Å².